The molecule has 2 N–H and O–H groups in total. The number of nitrogens with zero attached hydrogens (tertiary/aromatic N) is 1. The molecule has 0 aliphatic carbocycles. The molecule has 1 fully saturated rings. The highest BCUT2D eigenvalue weighted by atomic mass is 32.2. The lowest BCUT2D eigenvalue weighted by Crippen LogP contribution is -2.46. The lowest BCUT2D eigenvalue weighted by Gasteiger charge is -2.32. The van der Waals surface area contributed by atoms with Crippen molar-refractivity contribution in [3.63, 3.8) is 0 Å². The smallest absolute Gasteiger partial charge is 0.339 e. The number of hydrogen-bond acceptors (Lipinski definition) is 5. The molecule has 1 saturated heterocycles. The average Bonchev–Trinajstić information content (AvgIpc) is 3.01. The molecule has 0 spiro atoms. The molecule has 1 aromatic heterocycles. The van der Waals surface area contributed by atoms with Crippen LogP contribution in [0.15, 0.2) is 29.2 Å². The van der Waals surface area contributed by atoms with Gasteiger partial charge in [-0.05, 0) is 56.5 Å². The number of hydrogen-bond donors (Lipinski definition) is 2. The number of ether oxygens (including phenoxy) is 1. The molecule has 1 aliphatic heterocycles. The number of aryl methyl sites for hydroxylation is 1. The highest BCUT2D eigenvalue weighted by Gasteiger charge is 2.30. The molecule has 0 saturated carbocycles. The number of carbonyl (C=O) groups excluding carboxylic acids is 2. The van der Waals surface area contributed by atoms with E-state index in [0.29, 0.717) is 48.4 Å². The summed E-state index contributed by atoms with van der Waals surface area (Å²) in [6.45, 7) is 4.11. The summed E-state index contributed by atoms with van der Waals surface area (Å²) in [5.74, 6) is -1.26. The standard InChI is InChI=1S/C20H24FN3O5S/c1-12-17(20(26)29-3)13(2)22-18(12)19(25)24-10-8-15(9-11-24)23-30(27,28)16-6-4-14(21)5-7-16/h4-7,15,22-23H,8-11H2,1-3H3. The average molecular weight is 437 g/mol. The SMILES string of the molecule is COC(=O)c1c(C)[nH]c(C(=O)N2CCC(NS(=O)(=O)c3ccc(F)cc3)CC2)c1C. The van der Waals surface area contributed by atoms with Crippen molar-refractivity contribution in [1.82, 2.24) is 14.6 Å². The summed E-state index contributed by atoms with van der Waals surface area (Å²) in [6.07, 6.45) is 0.878. The number of aromatic nitrogens is 1. The van der Waals surface area contributed by atoms with Gasteiger partial charge in [-0.3, -0.25) is 4.79 Å². The number of nitrogens with one attached hydrogen (secondary N) is 2. The van der Waals surface area contributed by atoms with Gasteiger partial charge in [-0.1, -0.05) is 0 Å². The zero-order valence-corrected chi connectivity index (χ0v) is 17.8. The first-order valence-electron chi connectivity index (χ1n) is 9.48. The largest absolute Gasteiger partial charge is 0.465 e. The second-order valence-electron chi connectivity index (χ2n) is 7.26. The molecule has 1 aliphatic rings. The number of aromatic amines is 1. The van der Waals surface area contributed by atoms with Crippen molar-refractivity contribution in [1.29, 1.82) is 0 Å². The van der Waals surface area contributed by atoms with Gasteiger partial charge >= 0.3 is 5.97 Å². The summed E-state index contributed by atoms with van der Waals surface area (Å²) in [6, 6.07) is 4.29. The predicted molar refractivity (Wildman–Crippen MR) is 107 cm³/mol. The van der Waals surface area contributed by atoms with Crippen molar-refractivity contribution in [2.24, 2.45) is 0 Å². The number of rotatable bonds is 5. The number of benzene rings is 1. The maximum absolute atomic E-state index is 13.0. The van der Waals surface area contributed by atoms with Crippen LogP contribution in [0.4, 0.5) is 4.39 Å². The second-order valence-corrected chi connectivity index (χ2v) is 8.97. The van der Waals surface area contributed by atoms with Gasteiger partial charge in [0.25, 0.3) is 5.91 Å². The normalized spacial score (nSPS) is 15.3. The van der Waals surface area contributed by atoms with E-state index in [1.165, 1.54) is 19.2 Å². The Hall–Kier alpha value is -2.72. The molecular weight excluding hydrogens is 413 g/mol. The van der Waals surface area contributed by atoms with Crippen molar-refractivity contribution < 1.29 is 27.1 Å². The number of sulfonamides is 1. The third kappa shape index (κ3) is 4.39. The van der Waals surface area contributed by atoms with Gasteiger partial charge in [-0.2, -0.15) is 0 Å². The number of amides is 1. The van der Waals surface area contributed by atoms with E-state index >= 15 is 0 Å². The van der Waals surface area contributed by atoms with Gasteiger partial charge in [0.2, 0.25) is 10.0 Å². The number of likely N-dealkylation sites (tertiary alicyclic amines) is 1. The van der Waals surface area contributed by atoms with Gasteiger partial charge in [-0.25, -0.2) is 22.3 Å². The van der Waals surface area contributed by atoms with Crippen LogP contribution in [-0.2, 0) is 14.8 Å². The molecule has 1 amide bonds. The maximum Gasteiger partial charge on any atom is 0.339 e. The molecule has 0 atom stereocenters. The van der Waals surface area contributed by atoms with Crippen LogP contribution >= 0.6 is 0 Å². The van der Waals surface area contributed by atoms with Crippen LogP contribution < -0.4 is 4.72 Å². The number of carbonyl (C=O) groups is 2. The fraction of sp³-hybridized carbons (Fsp3) is 0.400. The van der Waals surface area contributed by atoms with Gasteiger partial charge in [0.05, 0.1) is 17.6 Å². The summed E-state index contributed by atoms with van der Waals surface area (Å²) < 4.78 is 45.3. The first-order valence-corrected chi connectivity index (χ1v) is 11.0. The molecule has 0 bridgehead atoms. The van der Waals surface area contributed by atoms with E-state index in [1.807, 2.05) is 0 Å². The van der Waals surface area contributed by atoms with Crippen LogP contribution in [0.2, 0.25) is 0 Å². The molecule has 3 rings (SSSR count). The molecule has 0 unspecified atom stereocenters. The van der Waals surface area contributed by atoms with E-state index in [-0.39, 0.29) is 16.8 Å². The van der Waals surface area contributed by atoms with Crippen LogP contribution in [0, 0.1) is 19.7 Å². The van der Waals surface area contributed by atoms with Crippen LogP contribution in [-0.4, -0.2) is 56.4 Å². The van der Waals surface area contributed by atoms with Crippen molar-refractivity contribution >= 4 is 21.9 Å². The van der Waals surface area contributed by atoms with Gasteiger partial charge in [0.15, 0.2) is 0 Å². The van der Waals surface area contributed by atoms with E-state index in [9.17, 15) is 22.4 Å². The van der Waals surface area contributed by atoms with Gasteiger partial charge in [-0.15, -0.1) is 0 Å². The summed E-state index contributed by atoms with van der Waals surface area (Å²) in [7, 11) is -2.48. The second kappa shape index (κ2) is 8.57. The zero-order chi connectivity index (χ0) is 22.1. The van der Waals surface area contributed by atoms with Crippen molar-refractivity contribution in [2.75, 3.05) is 20.2 Å². The van der Waals surface area contributed by atoms with Crippen molar-refractivity contribution in [3.8, 4) is 0 Å². The molecule has 30 heavy (non-hydrogen) atoms. The molecule has 2 heterocycles. The highest BCUT2D eigenvalue weighted by molar-refractivity contribution is 7.89. The van der Waals surface area contributed by atoms with Crippen molar-refractivity contribution in [2.45, 2.75) is 37.6 Å². The summed E-state index contributed by atoms with van der Waals surface area (Å²) in [4.78, 5) is 29.4. The molecule has 0 radical (unpaired) electrons. The Morgan fingerprint density at radius 3 is 2.33 bits per heavy atom. The zero-order valence-electron chi connectivity index (χ0n) is 17.0. The van der Waals surface area contributed by atoms with E-state index in [0.717, 1.165) is 12.1 Å². The molecular formula is C20H24FN3O5S. The van der Waals surface area contributed by atoms with Gasteiger partial charge in [0.1, 0.15) is 11.5 Å². The Kier molecular flexibility index (Phi) is 6.27. The third-order valence-corrected chi connectivity index (χ3v) is 6.81. The Morgan fingerprint density at radius 1 is 1.17 bits per heavy atom. The number of esters is 1. The Bertz CT molecular complexity index is 1050. The van der Waals surface area contributed by atoms with E-state index in [4.69, 9.17) is 4.74 Å². The van der Waals surface area contributed by atoms with Crippen LogP contribution in [0.25, 0.3) is 0 Å². The summed E-state index contributed by atoms with van der Waals surface area (Å²) in [5.41, 5.74) is 1.77. The van der Waals surface area contributed by atoms with E-state index in [2.05, 4.69) is 9.71 Å². The lowest BCUT2D eigenvalue weighted by atomic mass is 10.0. The molecule has 10 heteroatoms. The van der Waals surface area contributed by atoms with Gasteiger partial charge < -0.3 is 14.6 Å². The quantitative estimate of drug-likeness (QED) is 0.697. The topological polar surface area (TPSA) is 109 Å². The fourth-order valence-electron chi connectivity index (χ4n) is 3.63. The minimum atomic E-state index is -3.77. The van der Waals surface area contributed by atoms with E-state index < -0.39 is 21.8 Å². The van der Waals surface area contributed by atoms with Crippen LogP contribution in [0.5, 0.6) is 0 Å². The highest BCUT2D eigenvalue weighted by Crippen LogP contribution is 2.22. The monoisotopic (exact) mass is 437 g/mol. The summed E-state index contributed by atoms with van der Waals surface area (Å²) in [5, 5.41) is 0. The Labute approximate surface area is 174 Å². The minimum absolute atomic E-state index is 0.00442. The Morgan fingerprint density at radius 2 is 1.77 bits per heavy atom. The number of piperidine rings is 1. The van der Waals surface area contributed by atoms with Crippen LogP contribution in [0.3, 0.4) is 0 Å². The Balaban J connectivity index is 1.65. The fourth-order valence-corrected chi connectivity index (χ4v) is 4.94. The van der Waals surface area contributed by atoms with E-state index in [1.54, 1.807) is 18.7 Å². The first kappa shape index (κ1) is 22.0. The minimum Gasteiger partial charge on any atom is -0.465 e. The predicted octanol–water partition coefficient (Wildman–Crippen LogP) is 2.14. The number of H-pyrrole nitrogens is 1. The lowest BCUT2D eigenvalue weighted by molar-refractivity contribution is 0.0599. The van der Waals surface area contributed by atoms with Gasteiger partial charge in [0, 0.05) is 24.8 Å². The number of halogens is 1. The van der Waals surface area contributed by atoms with Crippen molar-refractivity contribution in [3.05, 3.63) is 52.6 Å². The molecule has 1 aromatic carbocycles. The molecule has 8 nitrogen and oxygen atoms in total. The molecule has 162 valence electrons. The summed E-state index contributed by atoms with van der Waals surface area (Å²) >= 11 is 0. The third-order valence-electron chi connectivity index (χ3n) is 5.27. The number of methoxy groups -OCH3 is 1. The maximum atomic E-state index is 13.0. The first-order chi connectivity index (χ1) is 14.1. The molecule has 2 aromatic rings. The van der Waals surface area contributed by atoms with Crippen LogP contribution in [0.1, 0.15) is 44.9 Å².